The molecule has 0 heterocycles. The Labute approximate surface area is 56.6 Å². The van der Waals surface area contributed by atoms with Gasteiger partial charge < -0.3 is 0 Å². The van der Waals surface area contributed by atoms with Crippen LogP contribution in [-0.2, 0) is 4.79 Å². The molecule has 0 N–H and O–H groups in total. The number of hydrogen-bond acceptors (Lipinski definition) is 1. The quantitative estimate of drug-likeness (QED) is 0.443. The zero-order valence-electron chi connectivity index (χ0n) is 5.40. The number of halogens is 3. The lowest BCUT2D eigenvalue weighted by Crippen LogP contribution is -2.37. The molecule has 10 heavy (non-hydrogen) atoms. The van der Waals surface area contributed by atoms with Crippen LogP contribution in [0.4, 0.5) is 13.2 Å². The zero-order valence-corrected chi connectivity index (χ0v) is 5.40. The van der Waals surface area contributed by atoms with Crippen molar-refractivity contribution >= 4 is 6.41 Å². The van der Waals surface area contributed by atoms with E-state index in [4.69, 9.17) is 0 Å². The standard InChI is InChI=1S/C5H7F3NO/c1-2-3-9(4-10)5(6,7)8/h2-3H2,1H3. The summed E-state index contributed by atoms with van der Waals surface area (Å²) < 4.78 is 34.7. The van der Waals surface area contributed by atoms with Gasteiger partial charge >= 0.3 is 12.7 Å². The highest BCUT2D eigenvalue weighted by Gasteiger charge is 2.36. The van der Waals surface area contributed by atoms with Crippen LogP contribution in [0.2, 0.25) is 0 Å². The van der Waals surface area contributed by atoms with Gasteiger partial charge in [0.25, 0.3) is 0 Å². The van der Waals surface area contributed by atoms with Gasteiger partial charge in [0.1, 0.15) is 0 Å². The first-order valence-electron chi connectivity index (χ1n) is 2.74. The number of amides is 1. The third-order valence-corrected chi connectivity index (χ3v) is 0.863. The van der Waals surface area contributed by atoms with E-state index >= 15 is 0 Å². The van der Waals surface area contributed by atoms with Crippen molar-refractivity contribution in [2.75, 3.05) is 6.54 Å². The van der Waals surface area contributed by atoms with Crippen molar-refractivity contribution in [2.24, 2.45) is 0 Å². The Morgan fingerprint density at radius 2 is 2.00 bits per heavy atom. The molecule has 59 valence electrons. The van der Waals surface area contributed by atoms with Gasteiger partial charge in [-0.05, 0) is 6.42 Å². The maximum Gasteiger partial charge on any atom is 0.487 e. The largest absolute Gasteiger partial charge is 0.487 e. The molecule has 5 heteroatoms. The van der Waals surface area contributed by atoms with Gasteiger partial charge in [0.05, 0.1) is 0 Å². The highest BCUT2D eigenvalue weighted by Crippen LogP contribution is 2.18. The molecule has 0 unspecified atom stereocenters. The van der Waals surface area contributed by atoms with E-state index in [0.717, 1.165) is 6.41 Å². The molecule has 0 aliphatic heterocycles. The molecule has 1 amide bonds. The van der Waals surface area contributed by atoms with Crippen LogP contribution in [0.3, 0.4) is 0 Å². The Hall–Kier alpha value is -0.740. The fourth-order valence-corrected chi connectivity index (χ4v) is 0.448. The van der Waals surface area contributed by atoms with Crippen molar-refractivity contribution in [2.45, 2.75) is 19.6 Å². The minimum Gasteiger partial charge on any atom is -0.263 e. The summed E-state index contributed by atoms with van der Waals surface area (Å²) in [6.07, 6.45) is -3.50. The first-order chi connectivity index (χ1) is 4.52. The van der Waals surface area contributed by atoms with Crippen LogP contribution in [0.25, 0.3) is 0 Å². The van der Waals surface area contributed by atoms with Crippen molar-refractivity contribution in [3.05, 3.63) is 0 Å². The van der Waals surface area contributed by atoms with Crippen LogP contribution in [-0.4, -0.2) is 24.2 Å². The summed E-state index contributed by atoms with van der Waals surface area (Å²) in [6.45, 7) is 1.23. The lowest BCUT2D eigenvalue weighted by Gasteiger charge is -2.17. The molecule has 0 saturated heterocycles. The van der Waals surface area contributed by atoms with Crippen molar-refractivity contribution in [1.82, 2.24) is 4.90 Å². The van der Waals surface area contributed by atoms with Crippen LogP contribution in [0.15, 0.2) is 0 Å². The van der Waals surface area contributed by atoms with Crippen molar-refractivity contribution in [3.8, 4) is 0 Å². The van der Waals surface area contributed by atoms with Gasteiger partial charge in [-0.15, -0.1) is 13.2 Å². The zero-order chi connectivity index (χ0) is 8.20. The highest BCUT2D eigenvalue weighted by atomic mass is 19.4. The second-order valence-electron chi connectivity index (χ2n) is 1.71. The minimum absolute atomic E-state index is 0.273. The predicted molar refractivity (Wildman–Crippen MR) is 28.7 cm³/mol. The molecule has 0 saturated carbocycles. The fraction of sp³-hybridized carbons (Fsp3) is 0.800. The smallest absolute Gasteiger partial charge is 0.263 e. The van der Waals surface area contributed by atoms with Crippen LogP contribution in [0.5, 0.6) is 0 Å². The van der Waals surface area contributed by atoms with E-state index in [1.165, 1.54) is 0 Å². The lowest BCUT2D eigenvalue weighted by molar-refractivity contribution is -0.217. The Morgan fingerprint density at radius 3 is 2.10 bits per heavy atom. The molecule has 0 aliphatic rings. The Morgan fingerprint density at radius 1 is 1.50 bits per heavy atom. The van der Waals surface area contributed by atoms with E-state index in [-0.39, 0.29) is 17.9 Å². The summed E-state index contributed by atoms with van der Waals surface area (Å²) in [5, 5.41) is 0. The normalized spacial score (nSPS) is 11.2. The molecule has 2 nitrogen and oxygen atoms in total. The molecule has 0 aromatic rings. The highest BCUT2D eigenvalue weighted by molar-refractivity contribution is 5.48. The second-order valence-corrected chi connectivity index (χ2v) is 1.71. The molecule has 0 aliphatic carbocycles. The molecular formula is C5H7F3NO. The van der Waals surface area contributed by atoms with Gasteiger partial charge in [-0.2, -0.15) is 0 Å². The van der Waals surface area contributed by atoms with Gasteiger partial charge in [-0.25, -0.2) is 4.90 Å². The first kappa shape index (κ1) is 9.26. The third kappa shape index (κ3) is 2.70. The van der Waals surface area contributed by atoms with Crippen LogP contribution >= 0.6 is 0 Å². The van der Waals surface area contributed by atoms with Gasteiger partial charge in [0.15, 0.2) is 0 Å². The Balaban J connectivity index is 3.93. The fourth-order valence-electron chi connectivity index (χ4n) is 0.448. The summed E-state index contributed by atoms with van der Waals surface area (Å²) in [4.78, 5) is 9.31. The number of rotatable bonds is 3. The number of carbonyl (C=O) groups excluding carboxylic acids is 1. The van der Waals surface area contributed by atoms with Crippen molar-refractivity contribution in [1.29, 1.82) is 0 Å². The number of hydrogen-bond donors (Lipinski definition) is 0. The monoisotopic (exact) mass is 154 g/mol. The maximum absolute atomic E-state index is 11.6. The van der Waals surface area contributed by atoms with Crippen molar-refractivity contribution in [3.63, 3.8) is 0 Å². The van der Waals surface area contributed by atoms with E-state index < -0.39 is 6.30 Å². The average Bonchev–Trinajstić information content (AvgIpc) is 1.80. The Bertz CT molecular complexity index is 112. The molecule has 0 fully saturated rings. The molecular weight excluding hydrogens is 147 g/mol. The van der Waals surface area contributed by atoms with E-state index in [0.29, 0.717) is 0 Å². The summed E-state index contributed by atoms with van der Waals surface area (Å²) in [6, 6.07) is 0. The molecule has 0 aromatic heterocycles. The first-order valence-corrected chi connectivity index (χ1v) is 2.74. The number of alkyl halides is 3. The summed E-state index contributed by atoms with van der Waals surface area (Å²) >= 11 is 0. The molecule has 0 spiro atoms. The van der Waals surface area contributed by atoms with Crippen LogP contribution < -0.4 is 0 Å². The lowest BCUT2D eigenvalue weighted by atomic mass is 10.4. The van der Waals surface area contributed by atoms with E-state index in [1.54, 1.807) is 6.92 Å². The second kappa shape index (κ2) is 3.43. The topological polar surface area (TPSA) is 20.3 Å². The minimum atomic E-state index is -4.57. The van der Waals surface area contributed by atoms with Gasteiger partial charge in [0.2, 0.25) is 0 Å². The van der Waals surface area contributed by atoms with Crippen LogP contribution in [0.1, 0.15) is 13.3 Å². The van der Waals surface area contributed by atoms with Crippen molar-refractivity contribution < 1.29 is 18.0 Å². The van der Waals surface area contributed by atoms with Gasteiger partial charge in [-0.1, -0.05) is 6.92 Å². The third-order valence-electron chi connectivity index (χ3n) is 0.863. The molecule has 0 atom stereocenters. The van der Waals surface area contributed by atoms with E-state index in [2.05, 4.69) is 0 Å². The van der Waals surface area contributed by atoms with Gasteiger partial charge in [0, 0.05) is 6.54 Å². The molecule has 0 aromatic carbocycles. The maximum atomic E-state index is 11.6. The van der Waals surface area contributed by atoms with E-state index in [9.17, 15) is 18.0 Å². The molecule has 1 radical (unpaired) electrons. The predicted octanol–water partition coefficient (Wildman–Crippen LogP) is 1.29. The SMILES string of the molecule is CCCN([C]=O)C(F)(F)F. The molecule has 0 rings (SSSR count). The van der Waals surface area contributed by atoms with Gasteiger partial charge in [-0.3, -0.25) is 4.79 Å². The summed E-state index contributed by atoms with van der Waals surface area (Å²) in [7, 11) is 0. The average molecular weight is 154 g/mol. The van der Waals surface area contributed by atoms with E-state index in [1.807, 2.05) is 0 Å². The number of nitrogens with zero attached hydrogens (tertiary/aromatic N) is 1. The summed E-state index contributed by atoms with van der Waals surface area (Å²) in [5.74, 6) is 0. The summed E-state index contributed by atoms with van der Waals surface area (Å²) in [5.41, 5.74) is 0. The Kier molecular flexibility index (Phi) is 3.18. The van der Waals surface area contributed by atoms with Crippen LogP contribution in [0, 0.1) is 0 Å². The molecule has 0 bridgehead atoms.